The first-order chi connectivity index (χ1) is 26.8. The zero-order valence-electron chi connectivity index (χ0n) is 35.7. The number of rotatable bonds is 43. The SMILES string of the molecule is CCCCCCC/C=C\C/C=C\CCCCCCCCCCCCCCCC(=O)OC(COC(=O)CCCCCCCCCCC)COP(=O)(O)OCCN. The van der Waals surface area contributed by atoms with E-state index in [-0.39, 0.29) is 38.6 Å². The van der Waals surface area contributed by atoms with Crippen molar-refractivity contribution < 1.29 is 37.6 Å². The lowest BCUT2D eigenvalue weighted by molar-refractivity contribution is -0.161. The summed E-state index contributed by atoms with van der Waals surface area (Å²) in [6, 6.07) is 0. The first-order valence-corrected chi connectivity index (χ1v) is 24.3. The number of phosphoric ester groups is 1. The van der Waals surface area contributed by atoms with Crippen LogP contribution in [-0.2, 0) is 32.7 Å². The van der Waals surface area contributed by atoms with E-state index >= 15 is 0 Å². The lowest BCUT2D eigenvalue weighted by Gasteiger charge is -2.19. The van der Waals surface area contributed by atoms with Gasteiger partial charge in [0.1, 0.15) is 6.61 Å². The van der Waals surface area contributed by atoms with Crippen LogP contribution < -0.4 is 5.73 Å². The van der Waals surface area contributed by atoms with Crippen molar-refractivity contribution in [3.63, 3.8) is 0 Å². The van der Waals surface area contributed by atoms with Crippen molar-refractivity contribution in [1.82, 2.24) is 0 Å². The van der Waals surface area contributed by atoms with Crippen LogP contribution in [-0.4, -0.2) is 49.3 Å². The smallest absolute Gasteiger partial charge is 0.462 e. The van der Waals surface area contributed by atoms with Crippen molar-refractivity contribution in [1.29, 1.82) is 0 Å². The average Bonchev–Trinajstić information content (AvgIpc) is 3.17. The molecule has 0 saturated heterocycles. The average molecular weight is 800 g/mol. The number of allylic oxidation sites excluding steroid dienone is 4. The third-order valence-corrected chi connectivity index (χ3v) is 10.8. The number of nitrogens with two attached hydrogens (primary N) is 1. The molecule has 2 unspecified atom stereocenters. The molecular formula is C45H86NO8P. The topological polar surface area (TPSA) is 134 Å². The molecule has 0 aromatic rings. The van der Waals surface area contributed by atoms with Crippen molar-refractivity contribution in [3.8, 4) is 0 Å². The number of hydrogen-bond acceptors (Lipinski definition) is 8. The highest BCUT2D eigenvalue weighted by atomic mass is 31.2. The second-order valence-corrected chi connectivity index (χ2v) is 16.7. The lowest BCUT2D eigenvalue weighted by atomic mass is 10.0. The van der Waals surface area contributed by atoms with Crippen molar-refractivity contribution in [2.45, 2.75) is 225 Å². The fourth-order valence-corrected chi connectivity index (χ4v) is 7.20. The van der Waals surface area contributed by atoms with Crippen LogP contribution in [0.1, 0.15) is 219 Å². The maximum atomic E-state index is 12.6. The number of carbonyl (C=O) groups is 2. The Labute approximate surface area is 338 Å². The summed E-state index contributed by atoms with van der Waals surface area (Å²) in [5.74, 6) is -0.825. The number of esters is 2. The van der Waals surface area contributed by atoms with Crippen LogP contribution in [0.3, 0.4) is 0 Å². The van der Waals surface area contributed by atoms with Crippen LogP contribution in [0.15, 0.2) is 24.3 Å². The molecule has 2 atom stereocenters. The molecule has 0 aromatic heterocycles. The molecule has 0 amide bonds. The molecule has 0 rings (SSSR count). The number of ether oxygens (including phenoxy) is 2. The van der Waals surface area contributed by atoms with E-state index in [1.807, 2.05) is 0 Å². The van der Waals surface area contributed by atoms with Gasteiger partial charge in [-0.15, -0.1) is 0 Å². The summed E-state index contributed by atoms with van der Waals surface area (Å²) in [7, 11) is -4.37. The quantitative estimate of drug-likeness (QED) is 0.0267. The molecule has 0 heterocycles. The number of unbranched alkanes of at least 4 members (excludes halogenated alkanes) is 26. The van der Waals surface area contributed by atoms with Gasteiger partial charge in [0.2, 0.25) is 0 Å². The van der Waals surface area contributed by atoms with E-state index in [0.29, 0.717) is 6.42 Å². The summed E-state index contributed by atoms with van der Waals surface area (Å²) in [5.41, 5.74) is 5.34. The summed E-state index contributed by atoms with van der Waals surface area (Å²) < 4.78 is 32.7. The summed E-state index contributed by atoms with van der Waals surface area (Å²) in [5, 5.41) is 0. The highest BCUT2D eigenvalue weighted by Crippen LogP contribution is 2.43. The molecular weight excluding hydrogens is 713 g/mol. The molecule has 0 aliphatic rings. The molecule has 0 radical (unpaired) electrons. The van der Waals surface area contributed by atoms with Gasteiger partial charge < -0.3 is 20.1 Å². The van der Waals surface area contributed by atoms with Crippen LogP contribution >= 0.6 is 7.82 Å². The molecule has 0 aliphatic heterocycles. The second kappa shape index (κ2) is 42.1. The summed E-state index contributed by atoms with van der Waals surface area (Å²) in [6.45, 7) is 3.72. The molecule has 3 N–H and O–H groups in total. The number of phosphoric acid groups is 1. The predicted molar refractivity (Wildman–Crippen MR) is 229 cm³/mol. The Hall–Kier alpha value is -1.51. The molecule has 55 heavy (non-hydrogen) atoms. The molecule has 0 bridgehead atoms. The second-order valence-electron chi connectivity index (χ2n) is 15.3. The van der Waals surface area contributed by atoms with Gasteiger partial charge in [-0.3, -0.25) is 18.6 Å². The molecule has 0 spiro atoms. The van der Waals surface area contributed by atoms with Gasteiger partial charge in [-0.25, -0.2) is 4.57 Å². The Balaban J connectivity index is 3.96. The number of carbonyl (C=O) groups excluding carboxylic acids is 2. The van der Waals surface area contributed by atoms with Crippen molar-refractivity contribution >= 4 is 19.8 Å². The molecule has 0 saturated carbocycles. The van der Waals surface area contributed by atoms with Gasteiger partial charge in [0.25, 0.3) is 0 Å². The Morgan fingerprint density at radius 3 is 1.38 bits per heavy atom. The minimum Gasteiger partial charge on any atom is -0.462 e. The first kappa shape index (κ1) is 53.5. The standard InChI is InChI=1S/C45H86NO8P/c1-3-5-7-9-11-13-14-15-16-17-18-19-20-21-22-23-24-25-26-27-28-30-32-34-36-38-45(48)54-43(42-53-55(49,50)52-40-39-46)41-51-44(47)37-35-33-31-29-12-10-8-6-4-2/h14-15,17-18,43H,3-13,16,19-42,46H2,1-2H3,(H,49,50)/b15-14-,18-17-. The van der Waals surface area contributed by atoms with Crippen LogP contribution in [0, 0.1) is 0 Å². The van der Waals surface area contributed by atoms with Gasteiger partial charge >= 0.3 is 19.8 Å². The summed E-state index contributed by atoms with van der Waals surface area (Å²) in [6.07, 6.45) is 45.1. The molecule has 0 aliphatic carbocycles. The third-order valence-electron chi connectivity index (χ3n) is 9.84. The highest BCUT2D eigenvalue weighted by molar-refractivity contribution is 7.47. The fourth-order valence-electron chi connectivity index (χ4n) is 6.43. The van der Waals surface area contributed by atoms with Gasteiger partial charge in [-0.05, 0) is 44.9 Å². The maximum absolute atomic E-state index is 12.6. The van der Waals surface area contributed by atoms with Crippen LogP contribution in [0.25, 0.3) is 0 Å². The zero-order valence-corrected chi connectivity index (χ0v) is 36.6. The monoisotopic (exact) mass is 800 g/mol. The number of hydrogen-bond donors (Lipinski definition) is 2. The van der Waals surface area contributed by atoms with Gasteiger partial charge in [0.05, 0.1) is 13.2 Å². The Morgan fingerprint density at radius 2 is 0.945 bits per heavy atom. The van der Waals surface area contributed by atoms with Gasteiger partial charge in [0.15, 0.2) is 6.10 Å². The molecule has 9 nitrogen and oxygen atoms in total. The molecule has 0 fully saturated rings. The van der Waals surface area contributed by atoms with E-state index < -0.39 is 26.5 Å². The zero-order chi connectivity index (χ0) is 40.3. The van der Waals surface area contributed by atoms with E-state index in [2.05, 4.69) is 38.2 Å². The third kappa shape index (κ3) is 41.9. The van der Waals surface area contributed by atoms with E-state index in [4.69, 9.17) is 24.3 Å². The fraction of sp³-hybridized carbons (Fsp3) is 0.867. The Kier molecular flexibility index (Phi) is 40.9. The Bertz CT molecular complexity index is 959. The Morgan fingerprint density at radius 1 is 0.545 bits per heavy atom. The van der Waals surface area contributed by atoms with Crippen molar-refractivity contribution in [3.05, 3.63) is 24.3 Å². The van der Waals surface area contributed by atoms with E-state index in [9.17, 15) is 19.0 Å². The van der Waals surface area contributed by atoms with E-state index in [1.54, 1.807) is 0 Å². The maximum Gasteiger partial charge on any atom is 0.472 e. The lowest BCUT2D eigenvalue weighted by Crippen LogP contribution is -2.29. The van der Waals surface area contributed by atoms with Crippen LogP contribution in [0.2, 0.25) is 0 Å². The van der Waals surface area contributed by atoms with Crippen LogP contribution in [0.4, 0.5) is 0 Å². The van der Waals surface area contributed by atoms with Gasteiger partial charge in [-0.2, -0.15) is 0 Å². The highest BCUT2D eigenvalue weighted by Gasteiger charge is 2.26. The largest absolute Gasteiger partial charge is 0.472 e. The minimum absolute atomic E-state index is 0.0552. The molecule has 10 heteroatoms. The molecule has 324 valence electrons. The minimum atomic E-state index is -4.37. The van der Waals surface area contributed by atoms with Gasteiger partial charge in [-0.1, -0.05) is 186 Å². The van der Waals surface area contributed by atoms with Crippen molar-refractivity contribution in [2.75, 3.05) is 26.4 Å². The van der Waals surface area contributed by atoms with Gasteiger partial charge in [0, 0.05) is 19.4 Å². The molecule has 0 aromatic carbocycles. The normalized spacial score (nSPS) is 13.5. The first-order valence-electron chi connectivity index (χ1n) is 22.8. The predicted octanol–water partition coefficient (Wildman–Crippen LogP) is 13.2. The summed E-state index contributed by atoms with van der Waals surface area (Å²) in [4.78, 5) is 34.8. The summed E-state index contributed by atoms with van der Waals surface area (Å²) >= 11 is 0. The van der Waals surface area contributed by atoms with E-state index in [0.717, 1.165) is 44.9 Å². The van der Waals surface area contributed by atoms with Crippen molar-refractivity contribution in [2.24, 2.45) is 5.73 Å². The van der Waals surface area contributed by atoms with Crippen LogP contribution in [0.5, 0.6) is 0 Å². The van der Waals surface area contributed by atoms with E-state index in [1.165, 1.54) is 141 Å².